The van der Waals surface area contributed by atoms with Gasteiger partial charge in [0, 0.05) is 16.7 Å². The second-order valence-electron chi connectivity index (χ2n) is 6.42. The Morgan fingerprint density at radius 3 is 2.19 bits per heavy atom. The standard InChI is InChI=1S/C24H24O2/c1-17(2)18(3)15-22(19(4)25)14-13-20-9-8-12-23(16-20)24(26)21-10-6-5-7-11-21/h5-12,14-16H,1,13H2,2-4H3. The molecule has 2 aromatic rings. The van der Waals surface area contributed by atoms with Gasteiger partial charge >= 0.3 is 0 Å². The van der Waals surface area contributed by atoms with E-state index in [1.54, 1.807) is 6.92 Å². The smallest absolute Gasteiger partial charge is 0.193 e. The van der Waals surface area contributed by atoms with Crippen molar-refractivity contribution >= 4 is 11.6 Å². The summed E-state index contributed by atoms with van der Waals surface area (Å²) in [7, 11) is 0. The van der Waals surface area contributed by atoms with Crippen LogP contribution in [0.3, 0.4) is 0 Å². The van der Waals surface area contributed by atoms with Crippen molar-refractivity contribution in [3.8, 4) is 0 Å². The molecule has 0 spiro atoms. The van der Waals surface area contributed by atoms with E-state index in [1.807, 2.05) is 80.6 Å². The van der Waals surface area contributed by atoms with Crippen molar-refractivity contribution in [1.82, 2.24) is 0 Å². The third kappa shape index (κ3) is 5.25. The number of ketones is 2. The molecule has 2 rings (SSSR count). The van der Waals surface area contributed by atoms with E-state index in [0.29, 0.717) is 23.1 Å². The SMILES string of the molecule is C=C(C)C(C)=CC(=CCc1cccc(C(=O)c2ccccc2)c1)C(C)=O. The van der Waals surface area contributed by atoms with Crippen LogP contribution < -0.4 is 0 Å². The van der Waals surface area contributed by atoms with E-state index in [4.69, 9.17) is 0 Å². The highest BCUT2D eigenvalue weighted by Gasteiger charge is 2.09. The maximum Gasteiger partial charge on any atom is 0.193 e. The first-order valence-electron chi connectivity index (χ1n) is 8.62. The minimum Gasteiger partial charge on any atom is -0.295 e. The van der Waals surface area contributed by atoms with Crippen molar-refractivity contribution in [3.05, 3.63) is 107 Å². The van der Waals surface area contributed by atoms with Gasteiger partial charge in [-0.15, -0.1) is 0 Å². The van der Waals surface area contributed by atoms with Crippen molar-refractivity contribution in [2.75, 3.05) is 0 Å². The zero-order valence-corrected chi connectivity index (χ0v) is 15.6. The Morgan fingerprint density at radius 2 is 1.58 bits per heavy atom. The van der Waals surface area contributed by atoms with E-state index in [0.717, 1.165) is 16.7 Å². The van der Waals surface area contributed by atoms with E-state index in [1.165, 1.54) is 0 Å². The molecule has 0 saturated carbocycles. The molecule has 0 N–H and O–H groups in total. The molecule has 0 aliphatic carbocycles. The summed E-state index contributed by atoms with van der Waals surface area (Å²) in [5.74, 6) is 0.0170. The predicted molar refractivity (Wildman–Crippen MR) is 107 cm³/mol. The van der Waals surface area contributed by atoms with Crippen molar-refractivity contribution in [2.24, 2.45) is 0 Å². The second-order valence-corrected chi connectivity index (χ2v) is 6.42. The number of Topliss-reactive ketones (excluding diaryl/α,β-unsaturated/α-hetero) is 1. The lowest BCUT2D eigenvalue weighted by Gasteiger charge is -2.05. The first-order valence-corrected chi connectivity index (χ1v) is 8.62. The Morgan fingerprint density at radius 1 is 0.923 bits per heavy atom. The van der Waals surface area contributed by atoms with Crippen molar-refractivity contribution < 1.29 is 9.59 Å². The molecule has 132 valence electrons. The molecule has 26 heavy (non-hydrogen) atoms. The van der Waals surface area contributed by atoms with Crippen molar-refractivity contribution in [2.45, 2.75) is 27.2 Å². The van der Waals surface area contributed by atoms with E-state index in [2.05, 4.69) is 6.58 Å². The predicted octanol–water partition coefficient (Wildman–Crippen LogP) is 5.50. The van der Waals surface area contributed by atoms with Crippen LogP contribution in [-0.4, -0.2) is 11.6 Å². The van der Waals surface area contributed by atoms with Crippen LogP contribution in [0.1, 0.15) is 42.3 Å². The molecule has 0 aromatic heterocycles. The van der Waals surface area contributed by atoms with E-state index in [9.17, 15) is 9.59 Å². The molecule has 0 bridgehead atoms. The minimum atomic E-state index is 0.00115. The third-order valence-corrected chi connectivity index (χ3v) is 4.23. The molecule has 0 saturated heterocycles. The summed E-state index contributed by atoms with van der Waals surface area (Å²) in [6, 6.07) is 16.8. The molecule has 2 heteroatoms. The number of rotatable bonds is 7. The van der Waals surface area contributed by atoms with Crippen LogP contribution in [0.15, 0.2) is 90.0 Å². The summed E-state index contributed by atoms with van der Waals surface area (Å²) in [5.41, 5.74) is 4.90. The Labute approximate surface area is 155 Å². The minimum absolute atomic E-state index is 0.00115. The van der Waals surface area contributed by atoms with Crippen LogP contribution in [0.5, 0.6) is 0 Å². The quantitative estimate of drug-likeness (QED) is 0.378. The van der Waals surface area contributed by atoms with Gasteiger partial charge in [-0.25, -0.2) is 0 Å². The number of carbonyl (C=O) groups excluding carboxylic acids is 2. The van der Waals surface area contributed by atoms with Gasteiger partial charge in [0.1, 0.15) is 0 Å². The summed E-state index contributed by atoms with van der Waals surface area (Å²) in [4.78, 5) is 24.5. The topological polar surface area (TPSA) is 34.1 Å². The molecular weight excluding hydrogens is 320 g/mol. The van der Waals surface area contributed by atoms with Crippen molar-refractivity contribution in [1.29, 1.82) is 0 Å². The van der Waals surface area contributed by atoms with Gasteiger partial charge in [0.15, 0.2) is 11.6 Å². The first-order chi connectivity index (χ1) is 12.4. The molecule has 0 heterocycles. The first kappa shape index (κ1) is 19.3. The average Bonchev–Trinajstić information content (AvgIpc) is 2.64. The summed E-state index contributed by atoms with van der Waals surface area (Å²) in [6.45, 7) is 9.32. The van der Waals surface area contributed by atoms with Gasteiger partial charge in [-0.1, -0.05) is 66.8 Å². The van der Waals surface area contributed by atoms with Crippen LogP contribution >= 0.6 is 0 Å². The molecule has 0 unspecified atom stereocenters. The van der Waals surface area contributed by atoms with Gasteiger partial charge in [0.05, 0.1) is 0 Å². The fourth-order valence-corrected chi connectivity index (χ4v) is 2.48. The van der Waals surface area contributed by atoms with Crippen LogP contribution in [0.4, 0.5) is 0 Å². The lowest BCUT2D eigenvalue weighted by atomic mass is 9.99. The molecule has 2 aromatic carbocycles. The van der Waals surface area contributed by atoms with Crippen LogP contribution in [0.25, 0.3) is 0 Å². The Hall–Kier alpha value is -3.00. The molecule has 2 nitrogen and oxygen atoms in total. The lowest BCUT2D eigenvalue weighted by molar-refractivity contribution is -0.113. The van der Waals surface area contributed by atoms with Gasteiger partial charge in [0.25, 0.3) is 0 Å². The Kier molecular flexibility index (Phi) is 6.62. The van der Waals surface area contributed by atoms with Crippen molar-refractivity contribution in [3.63, 3.8) is 0 Å². The molecule has 0 atom stereocenters. The third-order valence-electron chi connectivity index (χ3n) is 4.23. The van der Waals surface area contributed by atoms with Gasteiger partial charge in [0.2, 0.25) is 0 Å². The zero-order valence-electron chi connectivity index (χ0n) is 15.6. The molecule has 0 radical (unpaired) electrons. The Bertz CT molecular complexity index is 883. The van der Waals surface area contributed by atoms with Crippen LogP contribution in [0.2, 0.25) is 0 Å². The van der Waals surface area contributed by atoms with Crippen LogP contribution in [0, 0.1) is 0 Å². The number of allylic oxidation sites excluding steroid dienone is 5. The van der Waals surface area contributed by atoms with Gasteiger partial charge in [-0.05, 0) is 50.5 Å². The zero-order chi connectivity index (χ0) is 19.1. The molecule has 0 aliphatic rings. The summed E-state index contributed by atoms with van der Waals surface area (Å²) in [5, 5.41) is 0. The molecular formula is C24H24O2. The number of carbonyl (C=O) groups is 2. The number of hydrogen-bond acceptors (Lipinski definition) is 2. The maximum absolute atomic E-state index is 12.6. The number of hydrogen-bond donors (Lipinski definition) is 0. The summed E-state index contributed by atoms with van der Waals surface area (Å²) in [6.07, 6.45) is 4.36. The van der Waals surface area contributed by atoms with E-state index in [-0.39, 0.29) is 11.6 Å². The van der Waals surface area contributed by atoms with Gasteiger partial charge in [-0.2, -0.15) is 0 Å². The fourth-order valence-electron chi connectivity index (χ4n) is 2.48. The monoisotopic (exact) mass is 344 g/mol. The highest BCUT2D eigenvalue weighted by molar-refractivity contribution is 6.09. The highest BCUT2D eigenvalue weighted by Crippen LogP contribution is 2.15. The van der Waals surface area contributed by atoms with Gasteiger partial charge in [-0.3, -0.25) is 9.59 Å². The largest absolute Gasteiger partial charge is 0.295 e. The maximum atomic E-state index is 12.6. The summed E-state index contributed by atoms with van der Waals surface area (Å²) < 4.78 is 0. The highest BCUT2D eigenvalue weighted by atomic mass is 16.1. The van der Waals surface area contributed by atoms with Gasteiger partial charge < -0.3 is 0 Å². The number of benzene rings is 2. The molecule has 0 fully saturated rings. The summed E-state index contributed by atoms with van der Waals surface area (Å²) >= 11 is 0. The Balaban J connectivity index is 2.25. The lowest BCUT2D eigenvalue weighted by Crippen LogP contribution is -2.02. The van der Waals surface area contributed by atoms with Crippen LogP contribution in [-0.2, 0) is 11.2 Å². The average molecular weight is 344 g/mol. The van der Waals surface area contributed by atoms with E-state index < -0.39 is 0 Å². The van der Waals surface area contributed by atoms with E-state index >= 15 is 0 Å². The molecule has 0 amide bonds. The second kappa shape index (κ2) is 8.91. The molecule has 0 aliphatic heterocycles. The normalized spacial score (nSPS) is 12.0. The fraction of sp³-hybridized carbons (Fsp3) is 0.167.